The average molecular weight is 297 g/mol. The molecule has 4 heteroatoms. The second-order valence-electron chi connectivity index (χ2n) is 5.87. The van der Waals surface area contributed by atoms with Gasteiger partial charge in [0.25, 0.3) is 0 Å². The lowest BCUT2D eigenvalue weighted by atomic mass is 10.1. The Kier molecular flexibility index (Phi) is 8.58. The maximum absolute atomic E-state index is 11.4. The summed E-state index contributed by atoms with van der Waals surface area (Å²) >= 11 is 1.38. The first-order valence-corrected chi connectivity index (χ1v) is 7.65. The molecule has 0 aliphatic carbocycles. The Morgan fingerprint density at radius 3 is 2.20 bits per heavy atom. The Hall–Kier alpha value is -1.00. The number of carbonyl (C=O) groups is 1. The first-order valence-electron chi connectivity index (χ1n) is 6.77. The molecule has 0 aromatic heterocycles. The van der Waals surface area contributed by atoms with Gasteiger partial charge in [0, 0.05) is 4.75 Å². The highest BCUT2D eigenvalue weighted by Crippen LogP contribution is 2.15. The molecule has 0 aliphatic rings. The van der Waals surface area contributed by atoms with Crippen LogP contribution >= 0.6 is 11.9 Å². The van der Waals surface area contributed by atoms with E-state index in [4.69, 9.17) is 9.88 Å². The topological polar surface area (TPSA) is 52.3 Å². The Labute approximate surface area is 127 Å². The van der Waals surface area contributed by atoms with Crippen molar-refractivity contribution in [1.82, 2.24) is 0 Å². The van der Waals surface area contributed by atoms with Gasteiger partial charge in [-0.15, -0.1) is 0 Å². The van der Waals surface area contributed by atoms with Crippen molar-refractivity contribution in [2.24, 2.45) is 5.14 Å². The van der Waals surface area contributed by atoms with Crippen molar-refractivity contribution in [3.63, 3.8) is 0 Å². The van der Waals surface area contributed by atoms with Crippen molar-refractivity contribution in [2.75, 3.05) is 0 Å². The van der Waals surface area contributed by atoms with Crippen LogP contribution in [-0.2, 0) is 16.0 Å². The Morgan fingerprint density at radius 1 is 1.30 bits per heavy atom. The van der Waals surface area contributed by atoms with Crippen LogP contribution in [0.3, 0.4) is 0 Å². The van der Waals surface area contributed by atoms with Gasteiger partial charge in [0.15, 0.2) is 0 Å². The van der Waals surface area contributed by atoms with Crippen LogP contribution in [-0.4, -0.2) is 16.8 Å². The van der Waals surface area contributed by atoms with Gasteiger partial charge in [0.05, 0.1) is 12.5 Å². The van der Waals surface area contributed by atoms with Gasteiger partial charge in [0.1, 0.15) is 0 Å². The van der Waals surface area contributed by atoms with E-state index in [0.717, 1.165) is 11.1 Å². The van der Waals surface area contributed by atoms with Gasteiger partial charge in [0.2, 0.25) is 0 Å². The highest BCUT2D eigenvalue weighted by molar-refractivity contribution is 7.98. The molecule has 0 radical (unpaired) electrons. The van der Waals surface area contributed by atoms with Crippen LogP contribution in [0, 0.1) is 6.92 Å². The molecular formula is C16H27NO2S. The summed E-state index contributed by atoms with van der Waals surface area (Å²) in [4.78, 5) is 11.4. The molecule has 1 aromatic rings. The molecule has 1 rings (SSSR count). The Balaban J connectivity index is 0.000000511. The highest BCUT2D eigenvalue weighted by Gasteiger charge is 2.08. The van der Waals surface area contributed by atoms with Crippen LogP contribution in [0.25, 0.3) is 0 Å². The molecule has 0 spiro atoms. The van der Waals surface area contributed by atoms with Crippen LogP contribution in [0.5, 0.6) is 0 Å². The maximum Gasteiger partial charge on any atom is 0.310 e. The molecule has 0 amide bonds. The molecular weight excluding hydrogens is 270 g/mol. The predicted octanol–water partition coefficient (Wildman–Crippen LogP) is 3.88. The molecule has 0 saturated heterocycles. The summed E-state index contributed by atoms with van der Waals surface area (Å²) in [6.07, 6.45) is 0.330. The Morgan fingerprint density at radius 2 is 1.80 bits per heavy atom. The van der Waals surface area contributed by atoms with Crippen molar-refractivity contribution < 1.29 is 9.53 Å². The van der Waals surface area contributed by atoms with Crippen molar-refractivity contribution in [3.05, 3.63) is 35.4 Å². The number of carbonyl (C=O) groups excluding carboxylic acids is 1. The number of rotatable bonds is 3. The first-order chi connectivity index (χ1) is 9.15. The van der Waals surface area contributed by atoms with Crippen molar-refractivity contribution >= 4 is 17.9 Å². The number of benzene rings is 1. The zero-order chi connectivity index (χ0) is 15.8. The zero-order valence-electron chi connectivity index (χ0n) is 13.4. The molecule has 0 unspecified atom stereocenters. The SMILES string of the molecule is CC(C)(C)SN.Cc1ccccc1CC(=O)OC(C)C. The van der Waals surface area contributed by atoms with Gasteiger partial charge in [-0.05, 0) is 52.7 Å². The fraction of sp³-hybridized carbons (Fsp3) is 0.562. The molecule has 1 aromatic carbocycles. The summed E-state index contributed by atoms with van der Waals surface area (Å²) in [7, 11) is 0. The monoisotopic (exact) mass is 297 g/mol. The van der Waals surface area contributed by atoms with Gasteiger partial charge >= 0.3 is 5.97 Å². The fourth-order valence-corrected chi connectivity index (χ4v) is 1.27. The van der Waals surface area contributed by atoms with Crippen molar-refractivity contribution in [1.29, 1.82) is 0 Å². The number of esters is 1. The first kappa shape index (κ1) is 19.0. The third-order valence-electron chi connectivity index (χ3n) is 2.32. The minimum atomic E-state index is -0.158. The lowest BCUT2D eigenvalue weighted by Gasteiger charge is -2.11. The summed E-state index contributed by atoms with van der Waals surface area (Å²) in [5, 5.41) is 5.22. The van der Waals surface area contributed by atoms with Crippen LogP contribution in [0.15, 0.2) is 24.3 Å². The number of ether oxygens (including phenoxy) is 1. The summed E-state index contributed by atoms with van der Waals surface area (Å²) in [6, 6.07) is 7.85. The summed E-state index contributed by atoms with van der Waals surface area (Å²) in [5.74, 6) is -0.158. The van der Waals surface area contributed by atoms with E-state index < -0.39 is 0 Å². The van der Waals surface area contributed by atoms with Crippen LogP contribution < -0.4 is 5.14 Å². The fourth-order valence-electron chi connectivity index (χ4n) is 1.27. The van der Waals surface area contributed by atoms with Crippen molar-refractivity contribution in [2.45, 2.75) is 58.8 Å². The zero-order valence-corrected chi connectivity index (χ0v) is 14.2. The van der Waals surface area contributed by atoms with Gasteiger partial charge < -0.3 is 4.74 Å². The molecule has 0 saturated carbocycles. The molecule has 0 atom stereocenters. The van der Waals surface area contributed by atoms with E-state index in [1.807, 2.05) is 45.0 Å². The minimum absolute atomic E-state index is 0.0356. The van der Waals surface area contributed by atoms with Crippen LogP contribution in [0.4, 0.5) is 0 Å². The van der Waals surface area contributed by atoms with Crippen LogP contribution in [0.1, 0.15) is 45.7 Å². The van der Waals surface area contributed by atoms with E-state index in [-0.39, 0.29) is 16.8 Å². The number of hydrogen-bond donors (Lipinski definition) is 1. The molecule has 2 N–H and O–H groups in total. The minimum Gasteiger partial charge on any atom is -0.463 e. The second kappa shape index (κ2) is 9.03. The van der Waals surface area contributed by atoms with E-state index in [9.17, 15) is 4.79 Å². The van der Waals surface area contributed by atoms with Gasteiger partial charge in [-0.2, -0.15) is 0 Å². The predicted molar refractivity (Wildman–Crippen MR) is 87.6 cm³/mol. The third-order valence-corrected chi connectivity index (χ3v) is 3.02. The van der Waals surface area contributed by atoms with Crippen LogP contribution in [0.2, 0.25) is 0 Å². The number of nitrogens with two attached hydrogens (primary N) is 1. The number of aryl methyl sites for hydroxylation is 1. The average Bonchev–Trinajstić information content (AvgIpc) is 2.31. The normalized spacial score (nSPS) is 10.8. The standard InChI is InChI=1S/C12H16O2.C4H11NS/c1-9(2)14-12(13)8-11-7-5-4-6-10(11)3;1-4(2,3)6-5/h4-7,9H,8H2,1-3H3;5H2,1-3H3. The smallest absolute Gasteiger partial charge is 0.310 e. The largest absolute Gasteiger partial charge is 0.463 e. The van der Waals surface area contributed by atoms with E-state index in [1.165, 1.54) is 11.9 Å². The maximum atomic E-state index is 11.4. The second-order valence-corrected chi connectivity index (χ2v) is 7.33. The van der Waals surface area contributed by atoms with E-state index in [2.05, 4.69) is 20.8 Å². The summed E-state index contributed by atoms with van der Waals surface area (Å²) in [5.41, 5.74) is 2.17. The Bertz CT molecular complexity index is 411. The quantitative estimate of drug-likeness (QED) is 0.679. The van der Waals surface area contributed by atoms with Gasteiger partial charge in [-0.25, -0.2) is 0 Å². The third kappa shape index (κ3) is 9.87. The van der Waals surface area contributed by atoms with Gasteiger partial charge in [-0.1, -0.05) is 36.2 Å². The molecule has 0 heterocycles. The molecule has 0 fully saturated rings. The molecule has 20 heavy (non-hydrogen) atoms. The summed E-state index contributed by atoms with van der Waals surface area (Å²) < 4.78 is 5.31. The van der Waals surface area contributed by atoms with E-state index >= 15 is 0 Å². The molecule has 0 aliphatic heterocycles. The number of hydrogen-bond acceptors (Lipinski definition) is 4. The highest BCUT2D eigenvalue weighted by atomic mass is 32.2. The summed E-state index contributed by atoms with van der Waals surface area (Å²) in [6.45, 7) is 12.0. The molecule has 114 valence electrons. The van der Waals surface area contributed by atoms with E-state index in [1.54, 1.807) is 0 Å². The molecule has 3 nitrogen and oxygen atoms in total. The van der Waals surface area contributed by atoms with Crippen molar-refractivity contribution in [3.8, 4) is 0 Å². The lowest BCUT2D eigenvalue weighted by Crippen LogP contribution is -2.14. The van der Waals surface area contributed by atoms with E-state index in [0.29, 0.717) is 6.42 Å². The van der Waals surface area contributed by atoms with Gasteiger partial charge in [-0.3, -0.25) is 9.93 Å². The lowest BCUT2D eigenvalue weighted by molar-refractivity contribution is -0.146. The molecule has 0 bridgehead atoms.